The van der Waals surface area contributed by atoms with E-state index in [0.717, 1.165) is 18.4 Å². The molecule has 2 aliphatic rings. The van der Waals surface area contributed by atoms with E-state index in [1.807, 2.05) is 0 Å². The molecule has 2 aliphatic carbocycles. The van der Waals surface area contributed by atoms with Gasteiger partial charge in [0.1, 0.15) is 0 Å². The largest absolute Gasteiger partial charge is 0.329 e. The fraction of sp³-hybridized carbons (Fsp3) is 1.00. The summed E-state index contributed by atoms with van der Waals surface area (Å²) >= 11 is 0. The van der Waals surface area contributed by atoms with Gasteiger partial charge in [-0.15, -0.1) is 0 Å². The van der Waals surface area contributed by atoms with Gasteiger partial charge in [-0.3, -0.25) is 0 Å². The third-order valence-corrected chi connectivity index (χ3v) is 6.34. The molecule has 0 aromatic rings. The highest BCUT2D eigenvalue weighted by molar-refractivity contribution is 4.96. The van der Waals surface area contributed by atoms with Crippen LogP contribution in [0, 0.1) is 17.3 Å². The van der Waals surface area contributed by atoms with Crippen LogP contribution in [-0.4, -0.2) is 18.6 Å². The van der Waals surface area contributed by atoms with Crippen LogP contribution in [0.4, 0.5) is 0 Å². The second kappa shape index (κ2) is 6.79. The minimum atomic E-state index is 0.254. The van der Waals surface area contributed by atoms with Crippen LogP contribution >= 0.6 is 0 Å². The molecular weight excluding hydrogens is 244 g/mol. The first kappa shape index (κ1) is 16.3. The average Bonchev–Trinajstić information content (AvgIpc) is 3.28. The van der Waals surface area contributed by atoms with Gasteiger partial charge in [0.05, 0.1) is 0 Å². The summed E-state index contributed by atoms with van der Waals surface area (Å²) in [7, 11) is 0. The maximum absolute atomic E-state index is 6.12. The van der Waals surface area contributed by atoms with Gasteiger partial charge in [-0.25, -0.2) is 0 Å². The Morgan fingerprint density at radius 1 is 1.15 bits per heavy atom. The Hall–Kier alpha value is -0.0800. The summed E-state index contributed by atoms with van der Waals surface area (Å²) in [6.45, 7) is 9.21. The molecule has 0 atom stereocenters. The predicted molar refractivity (Wildman–Crippen MR) is 87.8 cm³/mol. The molecule has 2 saturated carbocycles. The lowest BCUT2D eigenvalue weighted by Gasteiger charge is -2.45. The first-order valence-corrected chi connectivity index (χ1v) is 8.96. The van der Waals surface area contributed by atoms with Gasteiger partial charge in [-0.2, -0.15) is 0 Å². The number of nitrogens with one attached hydrogen (secondary N) is 1. The van der Waals surface area contributed by atoms with Gasteiger partial charge < -0.3 is 11.1 Å². The zero-order chi connectivity index (χ0) is 14.6. The molecule has 0 aromatic carbocycles. The second-order valence-corrected chi connectivity index (χ2v) is 8.11. The molecule has 2 fully saturated rings. The zero-order valence-electron chi connectivity index (χ0n) is 14.0. The topological polar surface area (TPSA) is 38.0 Å². The van der Waals surface area contributed by atoms with Crippen LogP contribution in [0.5, 0.6) is 0 Å². The first-order valence-electron chi connectivity index (χ1n) is 8.96. The Bertz CT molecular complexity index is 286. The third kappa shape index (κ3) is 4.21. The van der Waals surface area contributed by atoms with Gasteiger partial charge in [0.25, 0.3) is 0 Å². The van der Waals surface area contributed by atoms with Crippen molar-refractivity contribution in [2.24, 2.45) is 23.0 Å². The fourth-order valence-corrected chi connectivity index (χ4v) is 3.84. The van der Waals surface area contributed by atoms with Crippen molar-refractivity contribution in [1.82, 2.24) is 5.32 Å². The Morgan fingerprint density at radius 2 is 1.80 bits per heavy atom. The highest BCUT2D eigenvalue weighted by Gasteiger charge is 2.38. The molecule has 0 heterocycles. The standard InChI is InChI=1S/C18H36N2/c1-4-17(2,3)16-9-11-18(14-19,12-10-16)20-13-5-6-15-7-8-15/h15-16,20H,4-14,19H2,1-3H3. The first-order chi connectivity index (χ1) is 9.51. The van der Waals surface area contributed by atoms with Crippen molar-refractivity contribution in [3.05, 3.63) is 0 Å². The van der Waals surface area contributed by atoms with E-state index in [0.29, 0.717) is 5.41 Å². The second-order valence-electron chi connectivity index (χ2n) is 8.11. The van der Waals surface area contributed by atoms with E-state index in [1.54, 1.807) is 0 Å². The monoisotopic (exact) mass is 280 g/mol. The van der Waals surface area contributed by atoms with Crippen LogP contribution in [0.2, 0.25) is 0 Å². The molecule has 0 aliphatic heterocycles. The van der Waals surface area contributed by atoms with Crippen molar-refractivity contribution in [2.45, 2.75) is 84.1 Å². The van der Waals surface area contributed by atoms with Gasteiger partial charge in [-0.1, -0.05) is 40.0 Å². The van der Waals surface area contributed by atoms with Gasteiger partial charge >= 0.3 is 0 Å². The molecule has 0 bridgehead atoms. The summed E-state index contributed by atoms with van der Waals surface area (Å²) in [6, 6.07) is 0. The lowest BCUT2D eigenvalue weighted by molar-refractivity contribution is 0.102. The molecule has 0 saturated heterocycles. The molecule has 0 amide bonds. The Labute approximate surface area is 126 Å². The summed E-state index contributed by atoms with van der Waals surface area (Å²) in [6.07, 6.45) is 12.3. The molecule has 2 heteroatoms. The number of hydrogen-bond acceptors (Lipinski definition) is 2. The summed E-state index contributed by atoms with van der Waals surface area (Å²) in [5.74, 6) is 1.95. The van der Waals surface area contributed by atoms with E-state index in [2.05, 4.69) is 26.1 Å². The van der Waals surface area contributed by atoms with E-state index in [1.165, 1.54) is 64.3 Å². The van der Waals surface area contributed by atoms with Crippen LogP contribution in [0.15, 0.2) is 0 Å². The molecule has 2 rings (SSSR count). The van der Waals surface area contributed by atoms with Crippen LogP contribution in [0.3, 0.4) is 0 Å². The highest BCUT2D eigenvalue weighted by atomic mass is 15.0. The Balaban J connectivity index is 1.74. The van der Waals surface area contributed by atoms with Crippen LogP contribution in [0.1, 0.15) is 78.6 Å². The Morgan fingerprint density at radius 3 is 2.30 bits per heavy atom. The molecule has 118 valence electrons. The number of nitrogens with two attached hydrogens (primary N) is 1. The van der Waals surface area contributed by atoms with E-state index >= 15 is 0 Å². The number of hydrogen-bond donors (Lipinski definition) is 2. The molecule has 2 nitrogen and oxygen atoms in total. The van der Waals surface area contributed by atoms with Crippen molar-refractivity contribution < 1.29 is 0 Å². The van der Waals surface area contributed by atoms with Crippen molar-refractivity contribution >= 4 is 0 Å². The van der Waals surface area contributed by atoms with E-state index in [9.17, 15) is 0 Å². The highest BCUT2D eigenvalue weighted by Crippen LogP contribution is 2.43. The summed E-state index contributed by atoms with van der Waals surface area (Å²) in [4.78, 5) is 0. The molecule has 0 unspecified atom stereocenters. The van der Waals surface area contributed by atoms with Gasteiger partial charge in [0.2, 0.25) is 0 Å². The molecule has 0 spiro atoms. The maximum Gasteiger partial charge on any atom is 0.0304 e. The van der Waals surface area contributed by atoms with E-state index < -0.39 is 0 Å². The summed E-state index contributed by atoms with van der Waals surface area (Å²) in [5, 5.41) is 3.83. The number of rotatable bonds is 8. The van der Waals surface area contributed by atoms with Crippen LogP contribution in [-0.2, 0) is 0 Å². The van der Waals surface area contributed by atoms with Crippen molar-refractivity contribution in [3.63, 3.8) is 0 Å². The summed E-state index contributed by atoms with van der Waals surface area (Å²) < 4.78 is 0. The van der Waals surface area contributed by atoms with Crippen molar-refractivity contribution in [1.29, 1.82) is 0 Å². The van der Waals surface area contributed by atoms with Crippen LogP contribution < -0.4 is 11.1 Å². The van der Waals surface area contributed by atoms with Crippen molar-refractivity contribution in [2.75, 3.05) is 13.1 Å². The fourth-order valence-electron chi connectivity index (χ4n) is 3.84. The molecule has 0 radical (unpaired) electrons. The van der Waals surface area contributed by atoms with Gasteiger partial charge in [0, 0.05) is 12.1 Å². The quantitative estimate of drug-likeness (QED) is 0.657. The van der Waals surface area contributed by atoms with Gasteiger partial charge in [0.15, 0.2) is 0 Å². The Kier molecular flexibility index (Phi) is 5.53. The molecule has 3 N–H and O–H groups in total. The predicted octanol–water partition coefficient (Wildman–Crippen LogP) is 4.09. The summed E-state index contributed by atoms with van der Waals surface area (Å²) in [5.41, 5.74) is 6.88. The average molecular weight is 280 g/mol. The van der Waals surface area contributed by atoms with Crippen LogP contribution in [0.25, 0.3) is 0 Å². The minimum absolute atomic E-state index is 0.254. The lowest BCUT2D eigenvalue weighted by atomic mass is 9.65. The lowest BCUT2D eigenvalue weighted by Crippen LogP contribution is -2.54. The van der Waals surface area contributed by atoms with Crippen molar-refractivity contribution in [3.8, 4) is 0 Å². The van der Waals surface area contributed by atoms with Gasteiger partial charge in [-0.05, 0) is 62.3 Å². The third-order valence-electron chi connectivity index (χ3n) is 6.34. The zero-order valence-corrected chi connectivity index (χ0v) is 14.0. The van der Waals surface area contributed by atoms with E-state index in [4.69, 9.17) is 5.73 Å². The minimum Gasteiger partial charge on any atom is -0.329 e. The molecule has 0 aromatic heterocycles. The normalized spacial score (nSPS) is 31.5. The smallest absolute Gasteiger partial charge is 0.0304 e. The van der Waals surface area contributed by atoms with E-state index in [-0.39, 0.29) is 5.54 Å². The molecular formula is C18H36N2. The maximum atomic E-state index is 6.12. The molecule has 20 heavy (non-hydrogen) atoms. The SMILES string of the molecule is CCC(C)(C)C1CCC(CN)(NCCCC2CC2)CC1.